The molecule has 128 valence electrons. The van der Waals surface area contributed by atoms with E-state index in [2.05, 4.69) is 25.3 Å². The van der Waals surface area contributed by atoms with Gasteiger partial charge in [0.15, 0.2) is 5.78 Å². The van der Waals surface area contributed by atoms with Crippen molar-refractivity contribution in [1.82, 2.24) is 0 Å². The highest BCUT2D eigenvalue weighted by Gasteiger charge is 2.61. The topological polar surface area (TPSA) is 37.3 Å². The number of fused-ring (bicyclic) bond motifs is 5. The molecule has 0 spiro atoms. The van der Waals surface area contributed by atoms with Crippen molar-refractivity contribution in [2.75, 3.05) is 0 Å². The number of ketones is 1. The molecule has 4 aliphatic carbocycles. The molecule has 3 saturated carbocycles. The van der Waals surface area contributed by atoms with Crippen LogP contribution in [0.5, 0.6) is 0 Å². The standard InChI is InChI=1S/C22H28O2/c1-3-4-11-22(24)13-10-20-19-7-5-15-14-16(23)6-8-17(15)18(19)9-12-21(20,22)2/h3,14,17-20,24H,1,5-10,12-13H2,2H3/t17?,18?,19?,20?,21-,22-/m0/s1. The van der Waals surface area contributed by atoms with Crippen molar-refractivity contribution in [3.63, 3.8) is 0 Å². The average molecular weight is 324 g/mol. The van der Waals surface area contributed by atoms with Gasteiger partial charge in [-0.05, 0) is 80.8 Å². The molecule has 0 aromatic heterocycles. The van der Waals surface area contributed by atoms with Crippen LogP contribution in [0.3, 0.4) is 0 Å². The van der Waals surface area contributed by atoms with Gasteiger partial charge in [0.1, 0.15) is 5.60 Å². The molecule has 2 heteroatoms. The Labute approximate surface area is 145 Å². The maximum atomic E-state index is 11.8. The molecular weight excluding hydrogens is 296 g/mol. The van der Waals surface area contributed by atoms with E-state index < -0.39 is 5.60 Å². The molecule has 0 aliphatic heterocycles. The van der Waals surface area contributed by atoms with Crippen molar-refractivity contribution in [2.24, 2.45) is 29.1 Å². The van der Waals surface area contributed by atoms with Crippen molar-refractivity contribution in [1.29, 1.82) is 0 Å². The van der Waals surface area contributed by atoms with Gasteiger partial charge >= 0.3 is 0 Å². The Morgan fingerprint density at radius 3 is 2.83 bits per heavy atom. The largest absolute Gasteiger partial charge is 0.377 e. The van der Waals surface area contributed by atoms with Crippen molar-refractivity contribution >= 4 is 5.78 Å². The first kappa shape index (κ1) is 16.2. The molecule has 0 bridgehead atoms. The number of allylic oxidation sites excluding steroid dienone is 2. The summed E-state index contributed by atoms with van der Waals surface area (Å²) in [6.07, 6.45) is 11.7. The van der Waals surface area contributed by atoms with Crippen LogP contribution in [0.1, 0.15) is 58.3 Å². The van der Waals surface area contributed by atoms with E-state index in [1.165, 1.54) is 18.4 Å². The first-order valence-corrected chi connectivity index (χ1v) is 9.58. The molecule has 4 unspecified atom stereocenters. The minimum absolute atomic E-state index is 0.0874. The fourth-order valence-electron chi connectivity index (χ4n) is 6.57. The van der Waals surface area contributed by atoms with E-state index in [0.29, 0.717) is 29.5 Å². The molecule has 24 heavy (non-hydrogen) atoms. The highest BCUT2D eigenvalue weighted by Crippen LogP contribution is 2.64. The Morgan fingerprint density at radius 1 is 1.21 bits per heavy atom. The number of carbonyl (C=O) groups is 1. The van der Waals surface area contributed by atoms with Crippen LogP contribution in [0.4, 0.5) is 0 Å². The van der Waals surface area contributed by atoms with Crippen molar-refractivity contribution in [3.05, 3.63) is 24.3 Å². The van der Waals surface area contributed by atoms with Gasteiger partial charge in [0.25, 0.3) is 0 Å². The van der Waals surface area contributed by atoms with Gasteiger partial charge in [-0.3, -0.25) is 4.79 Å². The second-order valence-corrected chi connectivity index (χ2v) is 8.63. The van der Waals surface area contributed by atoms with Crippen LogP contribution in [0.2, 0.25) is 0 Å². The quantitative estimate of drug-likeness (QED) is 0.683. The maximum absolute atomic E-state index is 11.8. The number of aliphatic hydroxyl groups is 1. The molecule has 2 nitrogen and oxygen atoms in total. The fraction of sp³-hybridized carbons (Fsp3) is 0.682. The van der Waals surface area contributed by atoms with E-state index in [-0.39, 0.29) is 5.41 Å². The van der Waals surface area contributed by atoms with Crippen LogP contribution in [-0.2, 0) is 4.79 Å². The summed E-state index contributed by atoms with van der Waals surface area (Å²) in [6, 6.07) is 0. The molecule has 4 rings (SSSR count). The lowest BCUT2D eigenvalue weighted by Gasteiger charge is -2.54. The lowest BCUT2D eigenvalue weighted by Crippen LogP contribution is -2.52. The van der Waals surface area contributed by atoms with Gasteiger partial charge in [-0.25, -0.2) is 0 Å². The molecule has 0 heterocycles. The average Bonchev–Trinajstić information content (AvgIpc) is 2.84. The molecule has 0 saturated heterocycles. The molecule has 4 aliphatic rings. The van der Waals surface area contributed by atoms with Gasteiger partial charge in [0, 0.05) is 11.8 Å². The predicted octanol–water partition coefficient (Wildman–Crippen LogP) is 4.05. The Bertz CT molecular complexity index is 663. The molecule has 0 aromatic carbocycles. The van der Waals surface area contributed by atoms with E-state index in [4.69, 9.17) is 0 Å². The smallest absolute Gasteiger partial charge is 0.155 e. The van der Waals surface area contributed by atoms with E-state index in [1.807, 2.05) is 6.08 Å². The second kappa shape index (κ2) is 5.60. The van der Waals surface area contributed by atoms with Crippen molar-refractivity contribution in [2.45, 2.75) is 63.9 Å². The van der Waals surface area contributed by atoms with Crippen LogP contribution < -0.4 is 0 Å². The summed E-state index contributed by atoms with van der Waals surface area (Å²) < 4.78 is 0. The SMILES string of the molecule is C=CC#C[C@]1(O)CCC2C3CCC4=CC(=O)CCC4C3CC[C@@]21C. The lowest BCUT2D eigenvalue weighted by molar-refractivity contribution is -0.116. The van der Waals surface area contributed by atoms with Crippen LogP contribution in [-0.4, -0.2) is 16.5 Å². The van der Waals surface area contributed by atoms with E-state index in [0.717, 1.165) is 38.5 Å². The number of rotatable bonds is 0. The van der Waals surface area contributed by atoms with E-state index in [1.54, 1.807) is 6.08 Å². The third kappa shape index (κ3) is 2.17. The third-order valence-corrected chi connectivity index (χ3v) is 7.83. The Morgan fingerprint density at radius 2 is 2.04 bits per heavy atom. The van der Waals surface area contributed by atoms with Crippen molar-refractivity contribution < 1.29 is 9.90 Å². The maximum Gasteiger partial charge on any atom is 0.155 e. The molecule has 0 amide bonds. The molecule has 0 aromatic rings. The zero-order chi connectivity index (χ0) is 16.9. The van der Waals surface area contributed by atoms with Crippen LogP contribution in [0.15, 0.2) is 24.3 Å². The molecular formula is C22H28O2. The summed E-state index contributed by atoms with van der Waals surface area (Å²) in [6.45, 7) is 5.95. The molecule has 6 atom stereocenters. The van der Waals surface area contributed by atoms with Crippen LogP contribution in [0.25, 0.3) is 0 Å². The summed E-state index contributed by atoms with van der Waals surface area (Å²) in [5, 5.41) is 11.3. The molecule has 0 radical (unpaired) electrons. The Hall–Kier alpha value is -1.33. The highest BCUT2D eigenvalue weighted by atomic mass is 16.3. The van der Waals surface area contributed by atoms with Gasteiger partial charge < -0.3 is 5.11 Å². The normalized spacial score (nSPS) is 46.8. The van der Waals surface area contributed by atoms with Gasteiger partial charge in [0.05, 0.1) is 0 Å². The first-order chi connectivity index (χ1) is 11.5. The number of hydrogen-bond acceptors (Lipinski definition) is 2. The highest BCUT2D eigenvalue weighted by molar-refractivity contribution is 5.91. The zero-order valence-electron chi connectivity index (χ0n) is 14.7. The summed E-state index contributed by atoms with van der Waals surface area (Å²) in [5.41, 5.74) is 0.488. The Balaban J connectivity index is 1.63. The first-order valence-electron chi connectivity index (χ1n) is 9.58. The Kier molecular flexibility index (Phi) is 3.77. The summed E-state index contributed by atoms with van der Waals surface area (Å²) in [5.74, 6) is 8.99. The fourth-order valence-corrected chi connectivity index (χ4v) is 6.57. The summed E-state index contributed by atoms with van der Waals surface area (Å²) in [7, 11) is 0. The van der Waals surface area contributed by atoms with Crippen LogP contribution in [0, 0.1) is 40.9 Å². The predicted molar refractivity (Wildman–Crippen MR) is 95.0 cm³/mol. The summed E-state index contributed by atoms with van der Waals surface area (Å²) in [4.78, 5) is 11.8. The van der Waals surface area contributed by atoms with Gasteiger partial charge in [-0.15, -0.1) is 0 Å². The number of carbonyl (C=O) groups excluding carboxylic acids is 1. The monoisotopic (exact) mass is 324 g/mol. The third-order valence-electron chi connectivity index (χ3n) is 7.83. The van der Waals surface area contributed by atoms with Crippen molar-refractivity contribution in [3.8, 4) is 11.8 Å². The van der Waals surface area contributed by atoms with Gasteiger partial charge in [0.2, 0.25) is 0 Å². The minimum Gasteiger partial charge on any atom is -0.377 e. The second-order valence-electron chi connectivity index (χ2n) is 8.63. The molecule has 3 fully saturated rings. The van der Waals surface area contributed by atoms with Gasteiger partial charge in [-0.1, -0.05) is 30.9 Å². The van der Waals surface area contributed by atoms with Crippen LogP contribution >= 0.6 is 0 Å². The van der Waals surface area contributed by atoms with Gasteiger partial charge in [-0.2, -0.15) is 0 Å². The molecule has 1 N–H and O–H groups in total. The zero-order valence-corrected chi connectivity index (χ0v) is 14.7. The lowest BCUT2D eigenvalue weighted by atomic mass is 9.50. The van der Waals surface area contributed by atoms with E-state index in [9.17, 15) is 9.90 Å². The number of hydrogen-bond donors (Lipinski definition) is 1. The van der Waals surface area contributed by atoms with E-state index >= 15 is 0 Å². The summed E-state index contributed by atoms with van der Waals surface area (Å²) >= 11 is 0. The minimum atomic E-state index is -0.852.